The monoisotopic (exact) mass is 406 g/mol. The average molecular weight is 406 g/mol. The zero-order valence-electron chi connectivity index (χ0n) is 16.9. The summed E-state index contributed by atoms with van der Waals surface area (Å²) < 4.78 is 17.7. The number of benzene rings is 3. The van der Waals surface area contributed by atoms with Gasteiger partial charge in [0.05, 0.1) is 18.7 Å². The zero-order valence-corrected chi connectivity index (χ0v) is 16.9. The highest BCUT2D eigenvalue weighted by Gasteiger charge is 2.20. The summed E-state index contributed by atoms with van der Waals surface area (Å²) in [5, 5.41) is 12.3. The summed E-state index contributed by atoms with van der Waals surface area (Å²) >= 11 is 0. The molecule has 6 heteroatoms. The van der Waals surface area contributed by atoms with Gasteiger partial charge in [0.15, 0.2) is 11.5 Å². The van der Waals surface area contributed by atoms with E-state index in [1.165, 1.54) is 0 Å². The molecule has 4 N–H and O–H groups in total. The van der Waals surface area contributed by atoms with Crippen LogP contribution in [0.15, 0.2) is 66.7 Å². The van der Waals surface area contributed by atoms with E-state index in [9.17, 15) is 5.11 Å². The van der Waals surface area contributed by atoms with E-state index in [0.717, 1.165) is 27.6 Å². The van der Waals surface area contributed by atoms with Crippen molar-refractivity contribution in [2.24, 2.45) is 5.73 Å². The van der Waals surface area contributed by atoms with Gasteiger partial charge in [0, 0.05) is 29.3 Å². The normalized spacial score (nSPS) is 13.3. The summed E-state index contributed by atoms with van der Waals surface area (Å²) in [5.41, 5.74) is 7.69. The molecule has 4 rings (SSSR count). The lowest BCUT2D eigenvalue weighted by atomic mass is 10.1. The Balaban J connectivity index is 1.62. The molecule has 0 aliphatic carbocycles. The highest BCUT2D eigenvalue weighted by Crippen LogP contribution is 2.34. The van der Waals surface area contributed by atoms with E-state index in [0.29, 0.717) is 17.9 Å². The van der Waals surface area contributed by atoms with Crippen LogP contribution < -0.4 is 19.9 Å². The lowest BCUT2D eigenvalue weighted by molar-refractivity contribution is 0.0676. The number of para-hydroxylation sites is 3. The summed E-state index contributed by atoms with van der Waals surface area (Å²) in [4.78, 5) is 3.42. The van der Waals surface area contributed by atoms with Gasteiger partial charge in [-0.1, -0.05) is 36.4 Å². The van der Waals surface area contributed by atoms with Gasteiger partial charge >= 0.3 is 0 Å². The molecule has 0 saturated heterocycles. The van der Waals surface area contributed by atoms with Gasteiger partial charge in [0.25, 0.3) is 0 Å². The molecule has 0 fully saturated rings. The number of hydrogen-bond acceptors (Lipinski definition) is 5. The first kappa shape index (κ1) is 20.1. The first-order chi connectivity index (χ1) is 14.7. The predicted octanol–water partition coefficient (Wildman–Crippen LogP) is 3.87. The number of aromatic nitrogens is 1. The van der Waals surface area contributed by atoms with Crippen LogP contribution in [0.25, 0.3) is 21.8 Å². The predicted molar refractivity (Wildman–Crippen MR) is 118 cm³/mol. The number of rotatable bonds is 9. The Morgan fingerprint density at radius 1 is 0.900 bits per heavy atom. The molecule has 30 heavy (non-hydrogen) atoms. The van der Waals surface area contributed by atoms with Crippen molar-refractivity contribution in [3.63, 3.8) is 0 Å². The number of fused-ring (bicyclic) bond motifs is 3. The Bertz CT molecular complexity index is 1120. The van der Waals surface area contributed by atoms with Gasteiger partial charge in [0.1, 0.15) is 18.5 Å². The number of hydrogen-bond donors (Lipinski definition) is 3. The number of nitrogens with one attached hydrogen (secondary N) is 1. The molecule has 0 aliphatic heterocycles. The SMILES string of the molecule is COc1ccccc1OCC(CC(O)CN)Oc1cccc2[nH]c3ccccc3c12. The maximum Gasteiger partial charge on any atom is 0.161 e. The van der Waals surface area contributed by atoms with Gasteiger partial charge in [0.2, 0.25) is 0 Å². The minimum absolute atomic E-state index is 0.159. The van der Waals surface area contributed by atoms with E-state index in [2.05, 4.69) is 11.1 Å². The molecule has 0 bridgehead atoms. The Labute approximate surface area is 175 Å². The topological polar surface area (TPSA) is 89.7 Å². The summed E-state index contributed by atoms with van der Waals surface area (Å²) in [6.07, 6.45) is -0.726. The van der Waals surface area contributed by atoms with Crippen LogP contribution in [0.3, 0.4) is 0 Å². The number of H-pyrrole nitrogens is 1. The largest absolute Gasteiger partial charge is 0.493 e. The molecule has 156 valence electrons. The van der Waals surface area contributed by atoms with Crippen LogP contribution in [0.2, 0.25) is 0 Å². The van der Waals surface area contributed by atoms with Crippen LogP contribution in [0.5, 0.6) is 17.2 Å². The second-order valence-electron chi connectivity index (χ2n) is 7.18. The molecule has 2 unspecified atom stereocenters. The minimum Gasteiger partial charge on any atom is -0.493 e. The Kier molecular flexibility index (Phi) is 6.07. The second kappa shape index (κ2) is 9.07. The van der Waals surface area contributed by atoms with E-state index in [1.54, 1.807) is 7.11 Å². The summed E-state index contributed by atoms with van der Waals surface area (Å²) in [5.74, 6) is 2.01. The van der Waals surface area contributed by atoms with Crippen molar-refractivity contribution in [2.45, 2.75) is 18.6 Å². The van der Waals surface area contributed by atoms with E-state index in [-0.39, 0.29) is 13.2 Å². The van der Waals surface area contributed by atoms with Crippen molar-refractivity contribution in [3.05, 3.63) is 66.7 Å². The molecule has 0 aliphatic rings. The van der Waals surface area contributed by atoms with Crippen LogP contribution in [-0.4, -0.2) is 42.6 Å². The van der Waals surface area contributed by atoms with Crippen LogP contribution >= 0.6 is 0 Å². The number of aliphatic hydroxyl groups excluding tert-OH is 1. The number of aromatic amines is 1. The molecule has 4 aromatic rings. The van der Waals surface area contributed by atoms with Crippen LogP contribution in [0.4, 0.5) is 0 Å². The Morgan fingerprint density at radius 3 is 2.40 bits per heavy atom. The molecule has 0 spiro atoms. The first-order valence-corrected chi connectivity index (χ1v) is 9.99. The molecule has 1 heterocycles. The summed E-state index contributed by atoms with van der Waals surface area (Å²) in [6, 6.07) is 21.5. The average Bonchev–Trinajstić information content (AvgIpc) is 3.17. The van der Waals surface area contributed by atoms with E-state index < -0.39 is 12.2 Å². The number of nitrogens with two attached hydrogens (primary N) is 1. The number of ether oxygens (including phenoxy) is 3. The lowest BCUT2D eigenvalue weighted by Crippen LogP contribution is -2.33. The maximum atomic E-state index is 10.2. The first-order valence-electron chi connectivity index (χ1n) is 9.99. The van der Waals surface area contributed by atoms with Crippen molar-refractivity contribution in [2.75, 3.05) is 20.3 Å². The van der Waals surface area contributed by atoms with Gasteiger partial charge in [-0.3, -0.25) is 0 Å². The third kappa shape index (κ3) is 4.20. The van der Waals surface area contributed by atoms with Gasteiger partial charge in [-0.05, 0) is 30.3 Å². The van der Waals surface area contributed by atoms with E-state index >= 15 is 0 Å². The standard InChI is InChI=1S/C24H26N2O4/c1-28-21-10-4-5-11-22(21)29-15-17(13-16(27)14-25)30-23-12-6-9-20-24(23)18-7-2-3-8-19(18)26-20/h2-12,16-17,26-27H,13-15,25H2,1H3. The van der Waals surface area contributed by atoms with E-state index in [1.807, 2.05) is 60.7 Å². The quantitative estimate of drug-likeness (QED) is 0.393. The third-order valence-electron chi connectivity index (χ3n) is 5.09. The second-order valence-corrected chi connectivity index (χ2v) is 7.18. The molecular formula is C24H26N2O4. The molecule has 0 saturated carbocycles. The minimum atomic E-state index is -0.682. The highest BCUT2D eigenvalue weighted by molar-refractivity contribution is 6.10. The van der Waals surface area contributed by atoms with Crippen molar-refractivity contribution < 1.29 is 19.3 Å². The van der Waals surface area contributed by atoms with Gasteiger partial charge in [-0.2, -0.15) is 0 Å². The van der Waals surface area contributed by atoms with Crippen LogP contribution in [0.1, 0.15) is 6.42 Å². The van der Waals surface area contributed by atoms with Gasteiger partial charge in [-0.25, -0.2) is 0 Å². The smallest absolute Gasteiger partial charge is 0.161 e. The van der Waals surface area contributed by atoms with Crippen molar-refractivity contribution >= 4 is 21.8 Å². The molecule has 0 amide bonds. The summed E-state index contributed by atoms with van der Waals surface area (Å²) in [6.45, 7) is 0.405. The maximum absolute atomic E-state index is 10.2. The fourth-order valence-corrected chi connectivity index (χ4v) is 3.62. The molecule has 2 atom stereocenters. The Morgan fingerprint density at radius 2 is 1.60 bits per heavy atom. The zero-order chi connectivity index (χ0) is 20.9. The van der Waals surface area contributed by atoms with Crippen LogP contribution in [0, 0.1) is 0 Å². The van der Waals surface area contributed by atoms with Crippen molar-refractivity contribution in [1.29, 1.82) is 0 Å². The van der Waals surface area contributed by atoms with E-state index in [4.69, 9.17) is 19.9 Å². The molecule has 6 nitrogen and oxygen atoms in total. The number of aliphatic hydroxyl groups is 1. The van der Waals surface area contributed by atoms with Crippen molar-refractivity contribution in [1.82, 2.24) is 4.98 Å². The highest BCUT2D eigenvalue weighted by atomic mass is 16.5. The Hall–Kier alpha value is -3.22. The molecule has 0 radical (unpaired) electrons. The van der Waals surface area contributed by atoms with Gasteiger partial charge in [-0.15, -0.1) is 0 Å². The fraction of sp³-hybridized carbons (Fsp3) is 0.250. The molecule has 1 aromatic heterocycles. The van der Waals surface area contributed by atoms with Crippen molar-refractivity contribution in [3.8, 4) is 17.2 Å². The van der Waals surface area contributed by atoms with Gasteiger partial charge < -0.3 is 30.0 Å². The third-order valence-corrected chi connectivity index (χ3v) is 5.09. The fourth-order valence-electron chi connectivity index (χ4n) is 3.62. The molecule has 3 aromatic carbocycles. The number of methoxy groups -OCH3 is 1. The lowest BCUT2D eigenvalue weighted by Gasteiger charge is -2.23. The summed E-state index contributed by atoms with van der Waals surface area (Å²) in [7, 11) is 1.60. The van der Waals surface area contributed by atoms with Crippen LogP contribution in [-0.2, 0) is 0 Å². The molecular weight excluding hydrogens is 380 g/mol.